The van der Waals surface area contributed by atoms with Crippen molar-refractivity contribution in [1.82, 2.24) is 10.6 Å². The van der Waals surface area contributed by atoms with Crippen LogP contribution in [0, 0.1) is 0 Å². The number of ether oxygens (including phenoxy) is 1. The minimum absolute atomic E-state index is 0.000604. The summed E-state index contributed by atoms with van der Waals surface area (Å²) in [6.07, 6.45) is 3.44. The van der Waals surface area contributed by atoms with E-state index in [2.05, 4.69) is 10.6 Å². The van der Waals surface area contributed by atoms with E-state index in [1.54, 1.807) is 0 Å². The fourth-order valence-corrected chi connectivity index (χ4v) is 2.04. The van der Waals surface area contributed by atoms with Gasteiger partial charge in [0.2, 0.25) is 0 Å². The molecule has 1 saturated carbocycles. The topological polar surface area (TPSA) is 50.4 Å². The average molecular weight is 297 g/mol. The van der Waals surface area contributed by atoms with Crippen LogP contribution < -0.4 is 15.4 Å². The summed E-state index contributed by atoms with van der Waals surface area (Å²) in [5.41, 5.74) is 1.13. The molecule has 1 aliphatic rings. The summed E-state index contributed by atoms with van der Waals surface area (Å²) >= 11 is 6.16. The van der Waals surface area contributed by atoms with Crippen molar-refractivity contribution < 1.29 is 9.53 Å². The minimum Gasteiger partial charge on any atom is -0.482 e. The maximum atomic E-state index is 11.4. The molecule has 1 aromatic carbocycles. The Hall–Kier alpha value is -1.26. The van der Waals surface area contributed by atoms with Gasteiger partial charge in [-0.2, -0.15) is 0 Å². The van der Waals surface area contributed by atoms with Crippen LogP contribution in [0.1, 0.15) is 31.7 Å². The Kier molecular flexibility index (Phi) is 5.68. The van der Waals surface area contributed by atoms with Crippen LogP contribution in [0.25, 0.3) is 0 Å². The largest absolute Gasteiger partial charge is 0.482 e. The first-order valence-electron chi connectivity index (χ1n) is 7.10. The molecule has 1 aliphatic carbocycles. The number of nitrogens with one attached hydrogen (secondary N) is 2. The molecular weight excluding hydrogens is 276 g/mol. The number of amides is 1. The summed E-state index contributed by atoms with van der Waals surface area (Å²) in [6, 6.07) is 6.35. The van der Waals surface area contributed by atoms with Crippen molar-refractivity contribution in [3.05, 3.63) is 28.8 Å². The molecule has 1 aromatic rings. The number of benzene rings is 1. The molecule has 0 aliphatic heterocycles. The Bertz CT molecular complexity index is 461. The fraction of sp³-hybridized carbons (Fsp3) is 0.533. The Morgan fingerprint density at radius 1 is 1.45 bits per heavy atom. The van der Waals surface area contributed by atoms with Gasteiger partial charge in [-0.15, -0.1) is 0 Å². The predicted octanol–water partition coefficient (Wildman–Crippen LogP) is 2.50. The average Bonchev–Trinajstić information content (AvgIpc) is 3.26. The Morgan fingerprint density at radius 2 is 2.25 bits per heavy atom. The van der Waals surface area contributed by atoms with Crippen molar-refractivity contribution in [2.24, 2.45) is 0 Å². The van der Waals surface area contributed by atoms with Crippen LogP contribution in [0.15, 0.2) is 18.2 Å². The monoisotopic (exact) mass is 296 g/mol. The lowest BCUT2D eigenvalue weighted by Crippen LogP contribution is -2.29. The van der Waals surface area contributed by atoms with Gasteiger partial charge in [-0.3, -0.25) is 4.79 Å². The summed E-state index contributed by atoms with van der Waals surface area (Å²) in [5.74, 6) is 0.427. The van der Waals surface area contributed by atoms with Crippen molar-refractivity contribution in [3.63, 3.8) is 0 Å². The molecule has 110 valence electrons. The molecule has 0 radical (unpaired) electrons. The van der Waals surface area contributed by atoms with Crippen molar-refractivity contribution in [2.75, 3.05) is 13.2 Å². The molecule has 5 heteroatoms. The zero-order valence-corrected chi connectivity index (χ0v) is 12.5. The van der Waals surface area contributed by atoms with Gasteiger partial charge in [0.25, 0.3) is 5.91 Å². The quantitative estimate of drug-likeness (QED) is 0.775. The highest BCUT2D eigenvalue weighted by atomic mass is 35.5. The third kappa shape index (κ3) is 5.02. The van der Waals surface area contributed by atoms with E-state index in [0.29, 0.717) is 23.4 Å². The molecule has 0 aromatic heterocycles. The summed E-state index contributed by atoms with van der Waals surface area (Å²) in [4.78, 5) is 11.4. The van der Waals surface area contributed by atoms with E-state index in [4.69, 9.17) is 16.3 Å². The summed E-state index contributed by atoms with van der Waals surface area (Å²) < 4.78 is 5.42. The summed E-state index contributed by atoms with van der Waals surface area (Å²) in [6.45, 7) is 3.50. The molecule has 0 heterocycles. The van der Waals surface area contributed by atoms with Crippen molar-refractivity contribution in [1.29, 1.82) is 0 Å². The van der Waals surface area contributed by atoms with Crippen LogP contribution in [0.2, 0.25) is 5.02 Å². The van der Waals surface area contributed by atoms with Crippen LogP contribution in [-0.2, 0) is 11.3 Å². The summed E-state index contributed by atoms with van der Waals surface area (Å²) in [7, 11) is 0. The van der Waals surface area contributed by atoms with E-state index in [-0.39, 0.29) is 12.5 Å². The first kappa shape index (κ1) is 15.1. The van der Waals surface area contributed by atoms with E-state index in [1.165, 1.54) is 12.8 Å². The van der Waals surface area contributed by atoms with E-state index in [0.717, 1.165) is 18.5 Å². The maximum absolute atomic E-state index is 11.4. The second kappa shape index (κ2) is 7.50. The molecule has 0 spiro atoms. The highest BCUT2D eigenvalue weighted by molar-refractivity contribution is 6.32. The van der Waals surface area contributed by atoms with Gasteiger partial charge in [-0.25, -0.2) is 0 Å². The third-order valence-corrected chi connectivity index (χ3v) is 3.39. The lowest BCUT2D eigenvalue weighted by atomic mass is 10.2. The number of hydrogen-bond donors (Lipinski definition) is 2. The molecule has 0 saturated heterocycles. The zero-order chi connectivity index (χ0) is 14.4. The van der Waals surface area contributed by atoms with Gasteiger partial charge in [0, 0.05) is 19.1 Å². The molecule has 2 rings (SSSR count). The first-order chi connectivity index (χ1) is 9.69. The Balaban J connectivity index is 1.80. The van der Waals surface area contributed by atoms with Crippen LogP contribution in [-0.4, -0.2) is 25.1 Å². The molecule has 2 N–H and O–H groups in total. The summed E-state index contributed by atoms with van der Waals surface area (Å²) in [5, 5.41) is 6.73. The van der Waals surface area contributed by atoms with E-state index in [9.17, 15) is 4.79 Å². The van der Waals surface area contributed by atoms with Crippen molar-refractivity contribution in [2.45, 2.75) is 38.8 Å². The molecule has 0 unspecified atom stereocenters. The maximum Gasteiger partial charge on any atom is 0.257 e. The van der Waals surface area contributed by atoms with Crippen LogP contribution in [0.5, 0.6) is 5.75 Å². The fourth-order valence-electron chi connectivity index (χ4n) is 1.78. The molecular formula is C15H21ClN2O2. The van der Waals surface area contributed by atoms with Crippen LogP contribution in [0.4, 0.5) is 0 Å². The lowest BCUT2D eigenvalue weighted by Gasteiger charge is -2.10. The van der Waals surface area contributed by atoms with E-state index < -0.39 is 0 Å². The Labute approximate surface area is 124 Å². The highest BCUT2D eigenvalue weighted by Crippen LogP contribution is 2.26. The normalized spacial score (nSPS) is 14.1. The standard InChI is InChI=1S/C15H21ClN2O2/c1-2-7-17-15(19)10-20-14-6-3-11(8-13(14)16)9-18-12-4-5-12/h3,6,8,12,18H,2,4-5,7,9-10H2,1H3,(H,17,19). The minimum atomic E-state index is -0.123. The number of halogens is 1. The Morgan fingerprint density at radius 3 is 2.90 bits per heavy atom. The van der Waals surface area contributed by atoms with Crippen LogP contribution in [0.3, 0.4) is 0 Å². The molecule has 0 bridgehead atoms. The molecule has 1 fully saturated rings. The smallest absolute Gasteiger partial charge is 0.257 e. The van der Waals surface area contributed by atoms with Crippen LogP contribution >= 0.6 is 11.6 Å². The molecule has 0 atom stereocenters. The van der Waals surface area contributed by atoms with Gasteiger partial charge in [0.15, 0.2) is 6.61 Å². The first-order valence-corrected chi connectivity index (χ1v) is 7.48. The van der Waals surface area contributed by atoms with Gasteiger partial charge in [-0.1, -0.05) is 24.6 Å². The number of rotatable bonds is 8. The highest BCUT2D eigenvalue weighted by Gasteiger charge is 2.20. The lowest BCUT2D eigenvalue weighted by molar-refractivity contribution is -0.123. The number of hydrogen-bond acceptors (Lipinski definition) is 3. The molecule has 4 nitrogen and oxygen atoms in total. The third-order valence-electron chi connectivity index (χ3n) is 3.10. The molecule has 20 heavy (non-hydrogen) atoms. The van der Waals surface area contributed by atoms with E-state index >= 15 is 0 Å². The second-order valence-electron chi connectivity index (χ2n) is 5.06. The van der Waals surface area contributed by atoms with Gasteiger partial charge in [0.1, 0.15) is 5.75 Å². The van der Waals surface area contributed by atoms with Gasteiger partial charge in [0.05, 0.1) is 5.02 Å². The number of carbonyl (C=O) groups excluding carboxylic acids is 1. The SMILES string of the molecule is CCCNC(=O)COc1ccc(CNC2CC2)cc1Cl. The zero-order valence-electron chi connectivity index (χ0n) is 11.7. The second-order valence-corrected chi connectivity index (χ2v) is 5.47. The van der Waals surface area contributed by atoms with E-state index in [1.807, 2.05) is 25.1 Å². The van der Waals surface area contributed by atoms with Crippen molar-refractivity contribution >= 4 is 17.5 Å². The van der Waals surface area contributed by atoms with Gasteiger partial charge < -0.3 is 15.4 Å². The predicted molar refractivity (Wildman–Crippen MR) is 80.1 cm³/mol. The number of carbonyl (C=O) groups is 1. The van der Waals surface area contributed by atoms with Gasteiger partial charge >= 0.3 is 0 Å². The van der Waals surface area contributed by atoms with Crippen molar-refractivity contribution in [3.8, 4) is 5.75 Å². The molecule has 1 amide bonds. The van der Waals surface area contributed by atoms with Gasteiger partial charge in [-0.05, 0) is 37.0 Å².